The second-order valence-electron chi connectivity index (χ2n) is 3.70. The molecule has 5 heteroatoms. The largest absolute Gasteiger partial charge is 0.494 e. The number of carbonyl (C=O) groups excluding carboxylic acids is 1. The van der Waals surface area contributed by atoms with Gasteiger partial charge in [-0.15, -0.1) is 11.6 Å². The minimum Gasteiger partial charge on any atom is -0.494 e. The standard InChI is InChI=1S/C12H15ClFNO2/c1-8(5-6-13)15-12(16)9-3-4-10(14)11(7-9)17-2/h3-4,7-8H,5-6H2,1-2H3,(H,15,16). The van der Waals surface area contributed by atoms with Crippen molar-refractivity contribution in [3.05, 3.63) is 29.6 Å². The summed E-state index contributed by atoms with van der Waals surface area (Å²) in [4.78, 5) is 11.8. The summed E-state index contributed by atoms with van der Waals surface area (Å²) in [5.41, 5.74) is 0.365. The maximum atomic E-state index is 13.1. The van der Waals surface area contributed by atoms with Crippen molar-refractivity contribution in [3.63, 3.8) is 0 Å². The molecule has 0 bridgehead atoms. The molecule has 1 atom stereocenters. The van der Waals surface area contributed by atoms with Gasteiger partial charge in [0.25, 0.3) is 5.91 Å². The molecule has 0 spiro atoms. The van der Waals surface area contributed by atoms with Gasteiger partial charge >= 0.3 is 0 Å². The predicted molar refractivity (Wildman–Crippen MR) is 65.2 cm³/mol. The lowest BCUT2D eigenvalue weighted by Crippen LogP contribution is -2.32. The topological polar surface area (TPSA) is 38.3 Å². The van der Waals surface area contributed by atoms with Crippen LogP contribution in [0.2, 0.25) is 0 Å². The van der Waals surface area contributed by atoms with E-state index >= 15 is 0 Å². The lowest BCUT2D eigenvalue weighted by atomic mass is 10.1. The first-order chi connectivity index (χ1) is 8.08. The number of hydrogen-bond donors (Lipinski definition) is 1. The number of rotatable bonds is 5. The van der Waals surface area contributed by atoms with Crippen LogP contribution in [0, 0.1) is 5.82 Å². The molecule has 0 fully saturated rings. The number of alkyl halides is 1. The van der Waals surface area contributed by atoms with Crippen LogP contribution in [0.15, 0.2) is 18.2 Å². The van der Waals surface area contributed by atoms with Crippen LogP contribution >= 0.6 is 11.6 Å². The summed E-state index contributed by atoms with van der Waals surface area (Å²) < 4.78 is 18.0. The lowest BCUT2D eigenvalue weighted by Gasteiger charge is -2.12. The summed E-state index contributed by atoms with van der Waals surface area (Å²) in [5.74, 6) is -0.213. The van der Waals surface area contributed by atoms with E-state index in [1.54, 1.807) is 0 Å². The summed E-state index contributed by atoms with van der Waals surface area (Å²) in [7, 11) is 1.36. The smallest absolute Gasteiger partial charge is 0.251 e. The second-order valence-corrected chi connectivity index (χ2v) is 4.08. The van der Waals surface area contributed by atoms with Crippen molar-refractivity contribution in [2.75, 3.05) is 13.0 Å². The Kier molecular flexibility index (Phi) is 5.22. The molecule has 3 nitrogen and oxygen atoms in total. The fourth-order valence-electron chi connectivity index (χ4n) is 1.34. The number of ether oxygens (including phenoxy) is 1. The molecular weight excluding hydrogens is 245 g/mol. The Labute approximate surface area is 105 Å². The third-order valence-electron chi connectivity index (χ3n) is 2.33. The van der Waals surface area contributed by atoms with Gasteiger partial charge in [-0.05, 0) is 31.5 Å². The zero-order chi connectivity index (χ0) is 12.8. The molecule has 0 saturated heterocycles. The quantitative estimate of drug-likeness (QED) is 0.826. The number of benzene rings is 1. The summed E-state index contributed by atoms with van der Waals surface area (Å²) in [5, 5.41) is 2.77. The zero-order valence-corrected chi connectivity index (χ0v) is 10.6. The highest BCUT2D eigenvalue weighted by Gasteiger charge is 2.12. The molecule has 0 aliphatic carbocycles. The molecule has 0 saturated carbocycles. The molecule has 0 aliphatic heterocycles. The van der Waals surface area contributed by atoms with Gasteiger partial charge in [-0.25, -0.2) is 4.39 Å². The first-order valence-electron chi connectivity index (χ1n) is 5.29. The highest BCUT2D eigenvalue weighted by molar-refractivity contribution is 6.17. The van der Waals surface area contributed by atoms with Gasteiger partial charge in [-0.2, -0.15) is 0 Å². The van der Waals surface area contributed by atoms with Gasteiger partial charge in [0.15, 0.2) is 11.6 Å². The van der Waals surface area contributed by atoms with Crippen LogP contribution in [-0.2, 0) is 0 Å². The molecule has 94 valence electrons. The minimum absolute atomic E-state index is 0.0175. The molecule has 1 rings (SSSR count). The van der Waals surface area contributed by atoms with Crippen molar-refractivity contribution >= 4 is 17.5 Å². The Bertz CT molecular complexity index is 398. The van der Waals surface area contributed by atoms with E-state index in [1.165, 1.54) is 25.3 Å². The highest BCUT2D eigenvalue weighted by Crippen LogP contribution is 2.18. The van der Waals surface area contributed by atoms with E-state index in [0.29, 0.717) is 17.9 Å². The van der Waals surface area contributed by atoms with Crippen LogP contribution < -0.4 is 10.1 Å². The zero-order valence-electron chi connectivity index (χ0n) is 9.80. The van der Waals surface area contributed by atoms with Gasteiger partial charge < -0.3 is 10.1 Å². The molecule has 1 amide bonds. The second kappa shape index (κ2) is 6.45. The van der Waals surface area contributed by atoms with Gasteiger partial charge in [-0.3, -0.25) is 4.79 Å². The van der Waals surface area contributed by atoms with Crippen LogP contribution in [0.25, 0.3) is 0 Å². The Morgan fingerprint density at radius 2 is 2.29 bits per heavy atom. The van der Waals surface area contributed by atoms with E-state index in [9.17, 15) is 9.18 Å². The third-order valence-corrected chi connectivity index (χ3v) is 2.55. The number of carbonyl (C=O) groups is 1. The van der Waals surface area contributed by atoms with Crippen molar-refractivity contribution in [1.82, 2.24) is 5.32 Å². The van der Waals surface area contributed by atoms with Crippen molar-refractivity contribution in [2.45, 2.75) is 19.4 Å². The summed E-state index contributed by atoms with van der Waals surface area (Å²) >= 11 is 5.57. The summed E-state index contributed by atoms with van der Waals surface area (Å²) in [6.07, 6.45) is 0.686. The average Bonchev–Trinajstić information content (AvgIpc) is 2.29. The predicted octanol–water partition coefficient (Wildman–Crippen LogP) is 2.58. The molecule has 0 radical (unpaired) electrons. The molecule has 1 aromatic rings. The van der Waals surface area contributed by atoms with Crippen molar-refractivity contribution < 1.29 is 13.9 Å². The maximum Gasteiger partial charge on any atom is 0.251 e. The number of nitrogens with one attached hydrogen (secondary N) is 1. The fourth-order valence-corrected chi connectivity index (χ4v) is 1.67. The first kappa shape index (κ1) is 13.8. The molecule has 0 aromatic heterocycles. The SMILES string of the molecule is COc1cc(C(=O)NC(C)CCCl)ccc1F. The molecule has 0 aliphatic rings. The Hall–Kier alpha value is -1.29. The van der Waals surface area contributed by atoms with Crippen LogP contribution in [0.5, 0.6) is 5.75 Å². The molecule has 0 heterocycles. The number of amides is 1. The summed E-state index contributed by atoms with van der Waals surface area (Å²) in [6, 6.07) is 3.98. The molecule has 17 heavy (non-hydrogen) atoms. The van der Waals surface area contributed by atoms with Gasteiger partial charge in [-0.1, -0.05) is 0 Å². The number of methoxy groups -OCH3 is 1. The maximum absolute atomic E-state index is 13.1. The van der Waals surface area contributed by atoms with Crippen LogP contribution in [0.1, 0.15) is 23.7 Å². The van der Waals surface area contributed by atoms with E-state index in [4.69, 9.17) is 16.3 Å². The average molecular weight is 260 g/mol. The van der Waals surface area contributed by atoms with E-state index in [1.807, 2.05) is 6.92 Å². The van der Waals surface area contributed by atoms with Crippen molar-refractivity contribution in [1.29, 1.82) is 0 Å². The fraction of sp³-hybridized carbons (Fsp3) is 0.417. The Balaban J connectivity index is 2.75. The minimum atomic E-state index is -0.488. The van der Waals surface area contributed by atoms with Gasteiger partial charge in [0.1, 0.15) is 0 Å². The van der Waals surface area contributed by atoms with Crippen molar-refractivity contribution in [3.8, 4) is 5.75 Å². The Morgan fingerprint density at radius 3 is 2.88 bits per heavy atom. The third kappa shape index (κ3) is 3.89. The van der Waals surface area contributed by atoms with Crippen LogP contribution in [-0.4, -0.2) is 24.9 Å². The molecular formula is C12H15ClFNO2. The number of hydrogen-bond acceptors (Lipinski definition) is 2. The molecule has 1 unspecified atom stereocenters. The molecule has 1 N–H and O–H groups in total. The van der Waals surface area contributed by atoms with E-state index in [2.05, 4.69) is 5.32 Å². The van der Waals surface area contributed by atoms with Gasteiger partial charge in [0, 0.05) is 17.5 Å². The van der Waals surface area contributed by atoms with Gasteiger partial charge in [0.2, 0.25) is 0 Å². The van der Waals surface area contributed by atoms with E-state index < -0.39 is 5.82 Å². The highest BCUT2D eigenvalue weighted by atomic mass is 35.5. The van der Waals surface area contributed by atoms with Crippen LogP contribution in [0.4, 0.5) is 4.39 Å². The van der Waals surface area contributed by atoms with Gasteiger partial charge in [0.05, 0.1) is 7.11 Å². The van der Waals surface area contributed by atoms with Crippen molar-refractivity contribution in [2.24, 2.45) is 0 Å². The monoisotopic (exact) mass is 259 g/mol. The molecule has 1 aromatic carbocycles. The number of halogens is 2. The van der Waals surface area contributed by atoms with E-state index in [0.717, 1.165) is 0 Å². The Morgan fingerprint density at radius 1 is 1.59 bits per heavy atom. The lowest BCUT2D eigenvalue weighted by molar-refractivity contribution is 0.0939. The van der Waals surface area contributed by atoms with Crippen LogP contribution in [0.3, 0.4) is 0 Å². The first-order valence-corrected chi connectivity index (χ1v) is 5.82. The normalized spacial score (nSPS) is 12.0. The van der Waals surface area contributed by atoms with E-state index in [-0.39, 0.29) is 17.7 Å². The summed E-state index contributed by atoms with van der Waals surface area (Å²) in [6.45, 7) is 1.86.